The van der Waals surface area contributed by atoms with Crippen LogP contribution in [-0.4, -0.2) is 55.2 Å². The number of halogens is 1. The van der Waals surface area contributed by atoms with E-state index in [4.69, 9.17) is 0 Å². The third-order valence-corrected chi connectivity index (χ3v) is 8.65. The van der Waals surface area contributed by atoms with E-state index < -0.39 is 47.1 Å². The number of amides is 2. The summed E-state index contributed by atoms with van der Waals surface area (Å²) in [5, 5.41) is 29.8. The molecule has 1 aliphatic rings. The standard InChI is InChI=1S/C32H37FN4O6/c1-5-32(6-2,31(42)43)27-13-12-25(20-8-7-9-24(33)16-20)37(27)30(41)19(4)34-28(39)22-11-10-21(26(38)17-22)15-23-14-18(3)35-36-29(23)40/h7-11,14,16-17,19,25,27,38H,5-6,12-13,15H2,1-4H3,(H,34,39)(H,36,40)(H,42,43)/t19-,25+,27-/m1/s1. The second kappa shape index (κ2) is 12.8. The number of carbonyl (C=O) groups excluding carboxylic acids is 2. The van der Waals surface area contributed by atoms with E-state index in [9.17, 15) is 33.8 Å². The number of hydrogen-bond donors (Lipinski definition) is 4. The maximum absolute atomic E-state index is 14.2. The van der Waals surface area contributed by atoms with Crippen molar-refractivity contribution >= 4 is 17.8 Å². The first-order chi connectivity index (χ1) is 20.4. The molecule has 1 fully saturated rings. The summed E-state index contributed by atoms with van der Waals surface area (Å²) in [6.45, 7) is 6.81. The molecule has 0 unspecified atom stereocenters. The maximum Gasteiger partial charge on any atom is 0.311 e. The van der Waals surface area contributed by atoms with Gasteiger partial charge < -0.3 is 20.4 Å². The van der Waals surface area contributed by atoms with Gasteiger partial charge in [-0.3, -0.25) is 19.2 Å². The van der Waals surface area contributed by atoms with E-state index in [2.05, 4.69) is 15.5 Å². The lowest BCUT2D eigenvalue weighted by Crippen LogP contribution is -2.55. The Morgan fingerprint density at radius 1 is 1.12 bits per heavy atom. The van der Waals surface area contributed by atoms with Crippen LogP contribution in [0.3, 0.4) is 0 Å². The number of aromatic hydroxyl groups is 1. The predicted octanol–water partition coefficient (Wildman–Crippen LogP) is 4.26. The quantitative estimate of drug-likeness (QED) is 0.275. The monoisotopic (exact) mass is 592 g/mol. The van der Waals surface area contributed by atoms with Gasteiger partial charge in [0, 0.05) is 23.6 Å². The average molecular weight is 593 g/mol. The number of aromatic nitrogens is 2. The van der Waals surface area contributed by atoms with Gasteiger partial charge in [-0.1, -0.05) is 32.0 Å². The zero-order chi connectivity index (χ0) is 31.5. The molecule has 228 valence electrons. The van der Waals surface area contributed by atoms with Gasteiger partial charge in [-0.05, 0) is 81.0 Å². The van der Waals surface area contributed by atoms with Crippen molar-refractivity contribution in [2.45, 2.75) is 77.9 Å². The largest absolute Gasteiger partial charge is 0.508 e. The van der Waals surface area contributed by atoms with Gasteiger partial charge in [0.25, 0.3) is 11.5 Å². The topological polar surface area (TPSA) is 153 Å². The van der Waals surface area contributed by atoms with Gasteiger partial charge in [0.05, 0.1) is 17.2 Å². The molecule has 10 nitrogen and oxygen atoms in total. The molecule has 3 atom stereocenters. The fraction of sp³-hybridized carbons (Fsp3) is 0.406. The fourth-order valence-electron chi connectivity index (χ4n) is 6.19. The highest BCUT2D eigenvalue weighted by Gasteiger charge is 2.52. The molecule has 11 heteroatoms. The maximum atomic E-state index is 14.2. The van der Waals surface area contributed by atoms with Crippen LogP contribution < -0.4 is 10.9 Å². The smallest absolute Gasteiger partial charge is 0.311 e. The summed E-state index contributed by atoms with van der Waals surface area (Å²) >= 11 is 0. The first-order valence-corrected chi connectivity index (χ1v) is 14.4. The van der Waals surface area contributed by atoms with Gasteiger partial charge >= 0.3 is 5.97 Å². The third-order valence-electron chi connectivity index (χ3n) is 8.65. The van der Waals surface area contributed by atoms with E-state index in [-0.39, 0.29) is 23.3 Å². The highest BCUT2D eigenvalue weighted by Crippen LogP contribution is 2.47. The zero-order valence-electron chi connectivity index (χ0n) is 24.7. The zero-order valence-corrected chi connectivity index (χ0v) is 24.7. The van der Waals surface area contributed by atoms with Crippen LogP contribution in [0.15, 0.2) is 53.3 Å². The van der Waals surface area contributed by atoms with Gasteiger partial charge in [0.2, 0.25) is 5.91 Å². The first-order valence-electron chi connectivity index (χ1n) is 14.4. The molecule has 1 saturated heterocycles. The van der Waals surface area contributed by atoms with Gasteiger partial charge in [-0.2, -0.15) is 5.10 Å². The number of likely N-dealkylation sites (tertiary alicyclic amines) is 1. The summed E-state index contributed by atoms with van der Waals surface area (Å²) in [5.41, 5.74) is 0.517. The third kappa shape index (κ3) is 6.30. The summed E-state index contributed by atoms with van der Waals surface area (Å²) in [4.78, 5) is 53.4. The Morgan fingerprint density at radius 3 is 2.47 bits per heavy atom. The number of nitrogens with zero attached hydrogens (tertiary/aromatic N) is 2. The molecule has 2 aromatic carbocycles. The molecule has 1 aromatic heterocycles. The summed E-state index contributed by atoms with van der Waals surface area (Å²) in [7, 11) is 0. The minimum absolute atomic E-state index is 0.0994. The van der Waals surface area contributed by atoms with Gasteiger partial charge in [-0.25, -0.2) is 9.49 Å². The second-order valence-corrected chi connectivity index (χ2v) is 11.2. The van der Waals surface area contributed by atoms with Crippen LogP contribution in [-0.2, 0) is 16.0 Å². The summed E-state index contributed by atoms with van der Waals surface area (Å²) in [6.07, 6.45) is 1.57. The Balaban J connectivity index is 1.58. The second-order valence-electron chi connectivity index (χ2n) is 11.2. The van der Waals surface area contributed by atoms with Gasteiger partial charge in [0.15, 0.2) is 0 Å². The molecular weight excluding hydrogens is 555 g/mol. The number of H-pyrrole nitrogens is 1. The Hall–Kier alpha value is -4.54. The minimum atomic E-state index is -1.21. The van der Waals surface area contributed by atoms with Crippen molar-refractivity contribution < 1.29 is 29.0 Å². The van der Waals surface area contributed by atoms with E-state index in [0.717, 1.165) is 0 Å². The number of aromatic amines is 1. The number of phenols is 1. The van der Waals surface area contributed by atoms with Crippen molar-refractivity contribution in [3.05, 3.63) is 92.6 Å². The van der Waals surface area contributed by atoms with Gasteiger partial charge in [-0.15, -0.1) is 0 Å². The number of hydrogen-bond acceptors (Lipinski definition) is 6. The van der Waals surface area contributed by atoms with Crippen molar-refractivity contribution in [3.63, 3.8) is 0 Å². The molecule has 2 amide bonds. The molecule has 0 bridgehead atoms. The normalized spacial score (nSPS) is 17.5. The highest BCUT2D eigenvalue weighted by atomic mass is 19.1. The van der Waals surface area contributed by atoms with Crippen molar-refractivity contribution in [2.24, 2.45) is 5.41 Å². The SMILES string of the molecule is CCC(CC)(C(=O)O)[C@H]1CC[C@@H](c2cccc(F)c2)N1C(=O)[C@@H](C)NC(=O)c1ccc(Cc2cc(C)n[nH]c2=O)c(O)c1. The lowest BCUT2D eigenvalue weighted by atomic mass is 9.74. The van der Waals surface area contributed by atoms with Crippen molar-refractivity contribution in [3.8, 4) is 5.75 Å². The Morgan fingerprint density at radius 2 is 1.84 bits per heavy atom. The predicted molar refractivity (Wildman–Crippen MR) is 157 cm³/mol. The van der Waals surface area contributed by atoms with E-state index in [1.165, 1.54) is 42.2 Å². The van der Waals surface area contributed by atoms with Crippen LogP contribution in [0, 0.1) is 18.2 Å². The Kier molecular flexibility index (Phi) is 9.32. The molecule has 4 rings (SSSR count). The molecule has 3 aromatic rings. The molecule has 0 radical (unpaired) electrons. The van der Waals surface area contributed by atoms with E-state index in [1.807, 2.05) is 0 Å². The van der Waals surface area contributed by atoms with Crippen LogP contribution in [0.25, 0.3) is 0 Å². The van der Waals surface area contributed by atoms with Crippen LogP contribution in [0.2, 0.25) is 0 Å². The number of carboxylic acid groups (broad SMARTS) is 1. The number of benzene rings is 2. The van der Waals surface area contributed by atoms with Crippen LogP contribution in [0.5, 0.6) is 5.75 Å². The molecule has 0 spiro atoms. The molecule has 4 N–H and O–H groups in total. The highest BCUT2D eigenvalue weighted by molar-refractivity contribution is 5.98. The van der Waals surface area contributed by atoms with Crippen molar-refractivity contribution in [1.82, 2.24) is 20.4 Å². The molecule has 43 heavy (non-hydrogen) atoms. The minimum Gasteiger partial charge on any atom is -0.508 e. The van der Waals surface area contributed by atoms with Crippen molar-refractivity contribution in [2.75, 3.05) is 0 Å². The number of phenolic OH excluding ortho intramolecular Hbond substituents is 1. The van der Waals surface area contributed by atoms with Crippen LogP contribution in [0.4, 0.5) is 4.39 Å². The van der Waals surface area contributed by atoms with Gasteiger partial charge in [0.1, 0.15) is 17.6 Å². The summed E-state index contributed by atoms with van der Waals surface area (Å²) in [6, 6.07) is 9.55. The molecule has 0 aliphatic carbocycles. The Bertz CT molecular complexity index is 1580. The molecule has 0 saturated carbocycles. The number of carboxylic acids is 1. The van der Waals surface area contributed by atoms with Crippen LogP contribution >= 0.6 is 0 Å². The first kappa shape index (κ1) is 31.4. The fourth-order valence-corrected chi connectivity index (χ4v) is 6.19. The number of aryl methyl sites for hydroxylation is 1. The number of rotatable bonds is 10. The molecule has 2 heterocycles. The number of aliphatic carboxylic acids is 1. The average Bonchev–Trinajstić information content (AvgIpc) is 3.41. The van der Waals surface area contributed by atoms with E-state index in [1.54, 1.807) is 39.0 Å². The van der Waals surface area contributed by atoms with E-state index in [0.29, 0.717) is 48.1 Å². The molecular formula is C32H37FN4O6. The Labute approximate surface area is 248 Å². The summed E-state index contributed by atoms with van der Waals surface area (Å²) in [5.74, 6) is -2.75. The summed E-state index contributed by atoms with van der Waals surface area (Å²) < 4.78 is 14.2. The van der Waals surface area contributed by atoms with Crippen molar-refractivity contribution in [1.29, 1.82) is 0 Å². The molecule has 1 aliphatic heterocycles. The number of nitrogens with one attached hydrogen (secondary N) is 2. The van der Waals surface area contributed by atoms with E-state index >= 15 is 0 Å². The number of carbonyl (C=O) groups is 3. The van der Waals surface area contributed by atoms with Crippen LogP contribution in [0.1, 0.15) is 85.2 Å². The lowest BCUT2D eigenvalue weighted by molar-refractivity contribution is -0.157. The lowest BCUT2D eigenvalue weighted by Gasteiger charge is -2.42.